The normalized spacial score (nSPS) is 11.0. The minimum absolute atomic E-state index is 0.163. The highest BCUT2D eigenvalue weighted by Gasteiger charge is 2.13. The fraction of sp³-hybridized carbons (Fsp3) is 0.150. The minimum atomic E-state index is -0.163. The number of nitrogens with one attached hydrogen (secondary N) is 1. The van der Waals surface area contributed by atoms with E-state index in [2.05, 4.69) is 21.5 Å². The van der Waals surface area contributed by atoms with Crippen LogP contribution in [0.1, 0.15) is 21.2 Å². The molecule has 4 aromatic rings. The molecule has 0 unspecified atom stereocenters. The fourth-order valence-electron chi connectivity index (χ4n) is 2.82. The summed E-state index contributed by atoms with van der Waals surface area (Å²) in [5.74, 6) is -0.163. The number of fused-ring (bicyclic) bond motifs is 1. The Labute approximate surface area is 155 Å². The van der Waals surface area contributed by atoms with Crippen molar-refractivity contribution >= 4 is 27.5 Å². The molecule has 2 aromatic heterocycles. The van der Waals surface area contributed by atoms with Crippen LogP contribution in [0.5, 0.6) is 0 Å². The molecule has 2 aromatic carbocycles. The Hall–Kier alpha value is -2.99. The number of amides is 1. The summed E-state index contributed by atoms with van der Waals surface area (Å²) < 4.78 is 2.95. The molecule has 6 heteroatoms. The summed E-state index contributed by atoms with van der Waals surface area (Å²) in [6, 6.07) is 19.7. The highest BCUT2D eigenvalue weighted by atomic mass is 32.1. The van der Waals surface area contributed by atoms with E-state index in [0.717, 1.165) is 21.9 Å². The van der Waals surface area contributed by atoms with Gasteiger partial charge in [-0.3, -0.25) is 4.79 Å². The molecule has 1 amide bonds. The second kappa shape index (κ2) is 7.09. The van der Waals surface area contributed by atoms with Gasteiger partial charge in [0.1, 0.15) is 0 Å². The summed E-state index contributed by atoms with van der Waals surface area (Å²) in [6.07, 6.45) is 0.712. The van der Waals surface area contributed by atoms with E-state index in [4.69, 9.17) is 0 Å². The van der Waals surface area contributed by atoms with Gasteiger partial charge < -0.3 is 5.32 Å². The predicted molar refractivity (Wildman–Crippen MR) is 104 cm³/mol. The zero-order chi connectivity index (χ0) is 17.9. The molecule has 0 aliphatic carbocycles. The molecule has 2 heterocycles. The Morgan fingerprint density at radius 2 is 1.88 bits per heavy atom. The number of hydrogen-bond acceptors (Lipinski definition) is 4. The molecule has 4 rings (SSSR count). The van der Waals surface area contributed by atoms with Gasteiger partial charge in [-0.15, -0.1) is 11.3 Å². The number of carbonyl (C=O) groups excluding carboxylic acids is 1. The number of rotatable bonds is 5. The van der Waals surface area contributed by atoms with Crippen LogP contribution in [0.2, 0.25) is 0 Å². The van der Waals surface area contributed by atoms with Crippen molar-refractivity contribution in [1.29, 1.82) is 0 Å². The number of nitrogens with zero attached hydrogens (tertiary/aromatic N) is 3. The lowest BCUT2D eigenvalue weighted by Crippen LogP contribution is -2.26. The molecule has 0 aliphatic heterocycles. The van der Waals surface area contributed by atoms with Crippen LogP contribution in [-0.4, -0.2) is 27.2 Å². The first kappa shape index (κ1) is 16.5. The summed E-state index contributed by atoms with van der Waals surface area (Å²) >= 11 is 1.67. The van der Waals surface area contributed by atoms with Gasteiger partial charge in [0.05, 0.1) is 20.9 Å². The third-order valence-electron chi connectivity index (χ3n) is 4.08. The molecule has 0 aliphatic rings. The summed E-state index contributed by atoms with van der Waals surface area (Å²) in [6.45, 7) is 2.48. The summed E-state index contributed by atoms with van der Waals surface area (Å²) in [4.78, 5) is 17.0. The standard InChI is InChI=1S/C20H18N4OS/c1-14-13-17(23-24(14)15-7-3-2-4-8-15)20(25)21-12-11-19-22-16-9-5-6-10-18(16)26-19/h2-10,13H,11-12H2,1H3,(H,21,25). The van der Waals surface area contributed by atoms with Crippen LogP contribution in [-0.2, 0) is 6.42 Å². The first-order valence-corrected chi connectivity index (χ1v) is 9.27. The van der Waals surface area contributed by atoms with Crippen molar-refractivity contribution in [2.24, 2.45) is 0 Å². The number of thiazole rings is 1. The van der Waals surface area contributed by atoms with Crippen molar-refractivity contribution in [2.75, 3.05) is 6.54 Å². The molecule has 1 N–H and O–H groups in total. The maximum atomic E-state index is 12.4. The molecule has 5 nitrogen and oxygen atoms in total. The van der Waals surface area contributed by atoms with Gasteiger partial charge in [0, 0.05) is 18.7 Å². The molecule has 0 radical (unpaired) electrons. The van der Waals surface area contributed by atoms with Crippen LogP contribution in [0.15, 0.2) is 60.7 Å². The highest BCUT2D eigenvalue weighted by molar-refractivity contribution is 7.18. The average molecular weight is 362 g/mol. The minimum Gasteiger partial charge on any atom is -0.350 e. The van der Waals surface area contributed by atoms with E-state index in [-0.39, 0.29) is 5.91 Å². The Morgan fingerprint density at radius 3 is 2.69 bits per heavy atom. The van der Waals surface area contributed by atoms with Crippen LogP contribution >= 0.6 is 11.3 Å². The number of aryl methyl sites for hydroxylation is 1. The Kier molecular flexibility index (Phi) is 4.50. The molecule has 0 saturated heterocycles. The zero-order valence-corrected chi connectivity index (χ0v) is 15.2. The molecular weight excluding hydrogens is 344 g/mol. The van der Waals surface area contributed by atoms with E-state index in [0.29, 0.717) is 18.7 Å². The topological polar surface area (TPSA) is 59.8 Å². The van der Waals surface area contributed by atoms with Crippen molar-refractivity contribution in [2.45, 2.75) is 13.3 Å². The second-order valence-electron chi connectivity index (χ2n) is 6.00. The lowest BCUT2D eigenvalue weighted by atomic mass is 10.3. The monoisotopic (exact) mass is 362 g/mol. The van der Waals surface area contributed by atoms with Crippen LogP contribution in [0.4, 0.5) is 0 Å². The van der Waals surface area contributed by atoms with Crippen LogP contribution in [0.3, 0.4) is 0 Å². The molecular formula is C20H18N4OS. The van der Waals surface area contributed by atoms with Crippen molar-refractivity contribution in [3.8, 4) is 5.69 Å². The van der Waals surface area contributed by atoms with E-state index in [9.17, 15) is 4.79 Å². The van der Waals surface area contributed by atoms with Crippen molar-refractivity contribution in [3.63, 3.8) is 0 Å². The zero-order valence-electron chi connectivity index (χ0n) is 14.3. The Morgan fingerprint density at radius 1 is 1.12 bits per heavy atom. The van der Waals surface area contributed by atoms with Gasteiger partial charge in [-0.2, -0.15) is 5.10 Å². The SMILES string of the molecule is Cc1cc(C(=O)NCCc2nc3ccccc3s2)nn1-c1ccccc1. The quantitative estimate of drug-likeness (QED) is 0.588. The first-order chi connectivity index (χ1) is 12.7. The fourth-order valence-corrected chi connectivity index (χ4v) is 3.78. The van der Waals surface area contributed by atoms with E-state index >= 15 is 0 Å². The number of carbonyl (C=O) groups is 1. The maximum absolute atomic E-state index is 12.4. The predicted octanol–water partition coefficient (Wildman–Crippen LogP) is 3.76. The van der Waals surface area contributed by atoms with E-state index in [1.807, 2.05) is 55.5 Å². The van der Waals surface area contributed by atoms with Crippen LogP contribution in [0.25, 0.3) is 15.9 Å². The molecule has 0 saturated carbocycles. The van der Waals surface area contributed by atoms with Gasteiger partial charge in [0.2, 0.25) is 0 Å². The van der Waals surface area contributed by atoms with Crippen LogP contribution in [0, 0.1) is 6.92 Å². The third-order valence-corrected chi connectivity index (χ3v) is 5.18. The van der Waals surface area contributed by atoms with Gasteiger partial charge in [-0.25, -0.2) is 9.67 Å². The molecule has 0 bridgehead atoms. The Bertz CT molecular complexity index is 1020. The van der Waals surface area contributed by atoms with E-state index in [1.54, 1.807) is 22.1 Å². The molecule has 0 fully saturated rings. The molecule has 130 valence electrons. The first-order valence-electron chi connectivity index (χ1n) is 8.45. The van der Waals surface area contributed by atoms with E-state index < -0.39 is 0 Å². The van der Waals surface area contributed by atoms with E-state index in [1.165, 1.54) is 4.70 Å². The maximum Gasteiger partial charge on any atom is 0.271 e. The number of aromatic nitrogens is 3. The van der Waals surface area contributed by atoms with Gasteiger partial charge >= 0.3 is 0 Å². The third kappa shape index (κ3) is 3.36. The van der Waals surface area contributed by atoms with Crippen molar-refractivity contribution < 1.29 is 4.79 Å². The van der Waals surface area contributed by atoms with Gasteiger partial charge in [0.15, 0.2) is 5.69 Å². The largest absolute Gasteiger partial charge is 0.350 e. The highest BCUT2D eigenvalue weighted by Crippen LogP contribution is 2.21. The number of benzene rings is 2. The molecule has 0 spiro atoms. The number of hydrogen-bond donors (Lipinski definition) is 1. The van der Waals surface area contributed by atoms with Crippen LogP contribution < -0.4 is 5.32 Å². The second-order valence-corrected chi connectivity index (χ2v) is 7.11. The molecule has 26 heavy (non-hydrogen) atoms. The lowest BCUT2D eigenvalue weighted by Gasteiger charge is -2.03. The van der Waals surface area contributed by atoms with Crippen molar-refractivity contribution in [3.05, 3.63) is 77.1 Å². The van der Waals surface area contributed by atoms with Gasteiger partial charge in [-0.1, -0.05) is 30.3 Å². The summed E-state index contributed by atoms with van der Waals surface area (Å²) in [7, 11) is 0. The molecule has 0 atom stereocenters. The lowest BCUT2D eigenvalue weighted by molar-refractivity contribution is 0.0948. The van der Waals surface area contributed by atoms with Gasteiger partial charge in [-0.05, 0) is 37.3 Å². The van der Waals surface area contributed by atoms with Gasteiger partial charge in [0.25, 0.3) is 5.91 Å². The van der Waals surface area contributed by atoms with Crippen molar-refractivity contribution in [1.82, 2.24) is 20.1 Å². The number of para-hydroxylation sites is 2. The smallest absolute Gasteiger partial charge is 0.271 e. The summed E-state index contributed by atoms with van der Waals surface area (Å²) in [5, 5.41) is 8.39. The Balaban J connectivity index is 1.40. The average Bonchev–Trinajstić information content (AvgIpc) is 3.25. The summed E-state index contributed by atoms with van der Waals surface area (Å²) in [5.41, 5.74) is 3.30.